The van der Waals surface area contributed by atoms with Gasteiger partial charge < -0.3 is 14.8 Å². The number of anilines is 1. The summed E-state index contributed by atoms with van der Waals surface area (Å²) in [7, 11) is 1.50. The number of nitrogens with one attached hydrogen (secondary N) is 1. The van der Waals surface area contributed by atoms with E-state index in [9.17, 15) is 9.59 Å². The first-order chi connectivity index (χ1) is 12.3. The number of aromatic nitrogens is 2. The summed E-state index contributed by atoms with van der Waals surface area (Å²) >= 11 is 0. The fraction of sp³-hybridized carbons (Fsp3) is 0.263. The molecule has 0 saturated heterocycles. The topological polar surface area (TPSA) is 90.4 Å². The Bertz CT molecular complexity index is 808. The second-order valence-corrected chi connectivity index (χ2v) is 6.41. The number of carbonyl (C=O) groups is 2. The van der Waals surface area contributed by atoms with Crippen LogP contribution in [-0.4, -0.2) is 34.6 Å². The van der Waals surface area contributed by atoms with Crippen LogP contribution in [0.25, 0.3) is 6.08 Å². The predicted molar refractivity (Wildman–Crippen MR) is 97.9 cm³/mol. The summed E-state index contributed by atoms with van der Waals surface area (Å²) in [6.07, 6.45) is 7.43. The molecule has 0 unspecified atom stereocenters. The van der Waals surface area contributed by atoms with Crippen molar-refractivity contribution in [2.75, 3.05) is 12.4 Å². The van der Waals surface area contributed by atoms with Gasteiger partial charge in [-0.2, -0.15) is 0 Å². The zero-order valence-electron chi connectivity index (χ0n) is 15.1. The molecular formula is C19H21N3O4. The molecule has 7 heteroatoms. The predicted octanol–water partition coefficient (Wildman–Crippen LogP) is 3.09. The summed E-state index contributed by atoms with van der Waals surface area (Å²) in [5.41, 5.74) is 0.528. The summed E-state index contributed by atoms with van der Waals surface area (Å²) in [6, 6.07) is 4.95. The highest BCUT2D eigenvalue weighted by atomic mass is 16.6. The number of hydrogen-bond acceptors (Lipinski definition) is 6. The number of esters is 1. The van der Waals surface area contributed by atoms with Crippen LogP contribution in [0.3, 0.4) is 0 Å². The van der Waals surface area contributed by atoms with Gasteiger partial charge in [0.25, 0.3) is 5.91 Å². The molecule has 0 aromatic carbocycles. The van der Waals surface area contributed by atoms with Gasteiger partial charge in [-0.1, -0.05) is 0 Å². The maximum Gasteiger partial charge on any atom is 0.331 e. The minimum atomic E-state index is -0.539. The molecule has 1 N–H and O–H groups in total. The molecule has 0 spiro atoms. The van der Waals surface area contributed by atoms with Crippen molar-refractivity contribution < 1.29 is 19.1 Å². The van der Waals surface area contributed by atoms with E-state index < -0.39 is 11.6 Å². The Morgan fingerprint density at radius 1 is 1.15 bits per heavy atom. The van der Waals surface area contributed by atoms with E-state index >= 15 is 0 Å². The van der Waals surface area contributed by atoms with Crippen LogP contribution in [0, 0.1) is 0 Å². The molecule has 0 atom stereocenters. The number of methoxy groups -OCH3 is 1. The van der Waals surface area contributed by atoms with Crippen LogP contribution < -0.4 is 10.1 Å². The number of hydrogen-bond donors (Lipinski definition) is 1. The fourth-order valence-corrected chi connectivity index (χ4v) is 1.92. The van der Waals surface area contributed by atoms with Gasteiger partial charge in [-0.25, -0.2) is 9.78 Å². The lowest BCUT2D eigenvalue weighted by atomic mass is 10.2. The van der Waals surface area contributed by atoms with E-state index in [0.717, 1.165) is 0 Å². The molecule has 26 heavy (non-hydrogen) atoms. The van der Waals surface area contributed by atoms with Gasteiger partial charge >= 0.3 is 5.97 Å². The highest BCUT2D eigenvalue weighted by Crippen LogP contribution is 2.13. The third kappa shape index (κ3) is 6.01. The zero-order valence-corrected chi connectivity index (χ0v) is 15.1. The van der Waals surface area contributed by atoms with Crippen LogP contribution in [0.5, 0.6) is 5.75 Å². The lowest BCUT2D eigenvalue weighted by Crippen LogP contribution is -2.22. The molecule has 0 aliphatic rings. The first-order valence-electron chi connectivity index (χ1n) is 7.94. The number of pyridine rings is 2. The lowest BCUT2D eigenvalue weighted by molar-refractivity contribution is -0.148. The van der Waals surface area contributed by atoms with Gasteiger partial charge in [0.2, 0.25) is 0 Å². The van der Waals surface area contributed by atoms with Gasteiger partial charge in [0, 0.05) is 18.5 Å². The van der Waals surface area contributed by atoms with Crippen molar-refractivity contribution in [1.29, 1.82) is 0 Å². The Labute approximate surface area is 152 Å². The SMILES string of the molecule is COc1cncc(C(=O)Nc2ccc(C=CC(=O)OC(C)(C)C)cn2)c1. The number of amides is 1. The third-order valence-electron chi connectivity index (χ3n) is 3.06. The number of carbonyl (C=O) groups excluding carboxylic acids is 2. The van der Waals surface area contributed by atoms with Gasteiger partial charge in [0.05, 0.1) is 18.9 Å². The van der Waals surface area contributed by atoms with E-state index in [1.165, 1.54) is 25.6 Å². The summed E-state index contributed by atoms with van der Waals surface area (Å²) < 4.78 is 10.2. The van der Waals surface area contributed by atoms with E-state index in [1.807, 2.05) is 0 Å². The smallest absolute Gasteiger partial charge is 0.331 e. The molecule has 0 saturated carbocycles. The average molecular weight is 355 g/mol. The van der Waals surface area contributed by atoms with E-state index in [0.29, 0.717) is 22.7 Å². The van der Waals surface area contributed by atoms with Crippen LogP contribution in [0.2, 0.25) is 0 Å². The molecule has 2 heterocycles. The monoisotopic (exact) mass is 355 g/mol. The Balaban J connectivity index is 1.98. The van der Waals surface area contributed by atoms with E-state index in [2.05, 4.69) is 15.3 Å². The molecule has 136 valence electrons. The van der Waals surface area contributed by atoms with Crippen molar-refractivity contribution in [1.82, 2.24) is 9.97 Å². The second kappa shape index (κ2) is 8.24. The van der Waals surface area contributed by atoms with Crippen molar-refractivity contribution in [3.05, 3.63) is 54.0 Å². The van der Waals surface area contributed by atoms with Crippen LogP contribution in [-0.2, 0) is 9.53 Å². The van der Waals surface area contributed by atoms with Crippen molar-refractivity contribution in [3.8, 4) is 5.75 Å². The second-order valence-electron chi connectivity index (χ2n) is 6.41. The van der Waals surface area contributed by atoms with Crippen LogP contribution in [0.4, 0.5) is 5.82 Å². The Hall–Kier alpha value is -3.22. The molecule has 2 aromatic rings. The maximum atomic E-state index is 12.2. The maximum absolute atomic E-state index is 12.2. The number of ether oxygens (including phenoxy) is 2. The third-order valence-corrected chi connectivity index (χ3v) is 3.06. The minimum absolute atomic E-state index is 0.346. The molecule has 2 aromatic heterocycles. The van der Waals surface area contributed by atoms with Crippen molar-refractivity contribution in [2.24, 2.45) is 0 Å². The van der Waals surface area contributed by atoms with Gasteiger partial charge in [-0.15, -0.1) is 0 Å². The highest BCUT2D eigenvalue weighted by molar-refractivity contribution is 6.03. The van der Waals surface area contributed by atoms with Crippen LogP contribution >= 0.6 is 0 Å². The summed E-state index contributed by atoms with van der Waals surface area (Å²) in [6.45, 7) is 5.40. The van der Waals surface area contributed by atoms with Gasteiger partial charge in [0.15, 0.2) is 0 Å². The fourth-order valence-electron chi connectivity index (χ4n) is 1.92. The number of nitrogens with zero attached hydrogens (tertiary/aromatic N) is 2. The minimum Gasteiger partial charge on any atom is -0.495 e. The molecule has 0 aliphatic heterocycles. The summed E-state index contributed by atoms with van der Waals surface area (Å²) in [5.74, 6) is 0.0989. The van der Waals surface area contributed by atoms with Crippen LogP contribution in [0.1, 0.15) is 36.7 Å². The quantitative estimate of drug-likeness (QED) is 0.655. The molecule has 0 fully saturated rings. The van der Waals surface area contributed by atoms with Gasteiger partial charge in [-0.3, -0.25) is 9.78 Å². The standard InChI is InChI=1S/C19H21N3O4/c1-19(2,3)26-17(23)8-6-13-5-7-16(21-10-13)22-18(24)14-9-15(25-4)12-20-11-14/h5-12H,1-4H3,(H,21,22,24). The first-order valence-corrected chi connectivity index (χ1v) is 7.94. The molecule has 1 amide bonds. The Morgan fingerprint density at radius 3 is 2.54 bits per heavy atom. The van der Waals surface area contributed by atoms with Crippen LogP contribution in [0.15, 0.2) is 42.9 Å². The van der Waals surface area contributed by atoms with Crippen molar-refractivity contribution in [3.63, 3.8) is 0 Å². The molecule has 0 bridgehead atoms. The van der Waals surface area contributed by atoms with E-state index in [1.54, 1.807) is 51.2 Å². The molecule has 7 nitrogen and oxygen atoms in total. The molecule has 0 radical (unpaired) electrons. The molecule has 2 rings (SSSR count). The van der Waals surface area contributed by atoms with E-state index in [4.69, 9.17) is 9.47 Å². The lowest BCUT2D eigenvalue weighted by Gasteiger charge is -2.17. The van der Waals surface area contributed by atoms with Crippen molar-refractivity contribution in [2.45, 2.75) is 26.4 Å². The van der Waals surface area contributed by atoms with E-state index in [-0.39, 0.29) is 5.91 Å². The van der Waals surface area contributed by atoms with Gasteiger partial charge in [0.1, 0.15) is 17.2 Å². The normalized spacial score (nSPS) is 11.2. The molecular weight excluding hydrogens is 334 g/mol. The highest BCUT2D eigenvalue weighted by Gasteiger charge is 2.14. The van der Waals surface area contributed by atoms with Gasteiger partial charge in [-0.05, 0) is 50.6 Å². The average Bonchev–Trinajstić information content (AvgIpc) is 2.59. The zero-order chi connectivity index (χ0) is 19.2. The summed E-state index contributed by atoms with van der Waals surface area (Å²) in [5, 5.41) is 2.67. The Kier molecular flexibility index (Phi) is 6.06. The Morgan fingerprint density at radius 2 is 1.92 bits per heavy atom. The largest absolute Gasteiger partial charge is 0.495 e. The first kappa shape index (κ1) is 19.1. The molecule has 0 aliphatic carbocycles. The van der Waals surface area contributed by atoms with Crippen molar-refractivity contribution >= 4 is 23.8 Å². The number of rotatable bonds is 5. The summed E-state index contributed by atoms with van der Waals surface area (Å²) in [4.78, 5) is 31.9.